The largest absolute Gasteiger partial charge is 0.368 e. The van der Waals surface area contributed by atoms with Gasteiger partial charge in [-0.1, -0.05) is 17.7 Å². The van der Waals surface area contributed by atoms with Gasteiger partial charge in [0.2, 0.25) is 5.95 Å². The SMILES string of the molecule is Nc1nc(Cl)cc(N2CCN(Cc3ccccn3)CC2)n1. The van der Waals surface area contributed by atoms with Gasteiger partial charge in [-0.15, -0.1) is 0 Å². The molecule has 2 aromatic rings. The standard InChI is InChI=1S/C14H17ClN6/c15-12-9-13(19-14(16)18-12)21-7-5-20(6-8-21)10-11-3-1-2-4-17-11/h1-4,9H,5-8,10H2,(H2,16,18,19). The number of hydrogen-bond acceptors (Lipinski definition) is 6. The molecule has 0 bridgehead atoms. The molecule has 1 fully saturated rings. The molecule has 2 aromatic heterocycles. The Morgan fingerprint density at radius 1 is 1.14 bits per heavy atom. The number of anilines is 2. The lowest BCUT2D eigenvalue weighted by Crippen LogP contribution is -2.46. The molecule has 0 aromatic carbocycles. The summed E-state index contributed by atoms with van der Waals surface area (Å²) < 4.78 is 0. The number of nitrogen functional groups attached to an aromatic ring is 1. The van der Waals surface area contributed by atoms with Crippen LogP contribution in [-0.2, 0) is 6.54 Å². The van der Waals surface area contributed by atoms with Crippen LogP contribution in [0.3, 0.4) is 0 Å². The molecule has 0 atom stereocenters. The molecule has 110 valence electrons. The van der Waals surface area contributed by atoms with E-state index < -0.39 is 0 Å². The van der Waals surface area contributed by atoms with Gasteiger partial charge >= 0.3 is 0 Å². The molecule has 0 aliphatic carbocycles. The smallest absolute Gasteiger partial charge is 0.223 e. The van der Waals surface area contributed by atoms with Gasteiger partial charge < -0.3 is 10.6 Å². The Labute approximate surface area is 128 Å². The summed E-state index contributed by atoms with van der Waals surface area (Å²) in [6, 6.07) is 7.76. The lowest BCUT2D eigenvalue weighted by atomic mass is 10.2. The van der Waals surface area contributed by atoms with E-state index in [2.05, 4.69) is 30.8 Å². The first-order valence-electron chi connectivity index (χ1n) is 6.88. The third kappa shape index (κ3) is 3.59. The van der Waals surface area contributed by atoms with E-state index >= 15 is 0 Å². The summed E-state index contributed by atoms with van der Waals surface area (Å²) in [6.45, 7) is 4.57. The number of pyridine rings is 1. The molecule has 3 rings (SSSR count). The summed E-state index contributed by atoms with van der Waals surface area (Å²) in [4.78, 5) is 17.1. The van der Waals surface area contributed by atoms with E-state index in [4.69, 9.17) is 17.3 Å². The number of hydrogen-bond donors (Lipinski definition) is 1. The Morgan fingerprint density at radius 2 is 1.95 bits per heavy atom. The second-order valence-corrected chi connectivity index (χ2v) is 5.38. The highest BCUT2D eigenvalue weighted by molar-refractivity contribution is 6.29. The van der Waals surface area contributed by atoms with Crippen molar-refractivity contribution in [3.8, 4) is 0 Å². The molecule has 21 heavy (non-hydrogen) atoms. The first kappa shape index (κ1) is 14.0. The number of rotatable bonds is 3. The van der Waals surface area contributed by atoms with E-state index in [1.165, 1.54) is 0 Å². The van der Waals surface area contributed by atoms with Crippen molar-refractivity contribution in [3.63, 3.8) is 0 Å². The van der Waals surface area contributed by atoms with Crippen LogP contribution in [0.4, 0.5) is 11.8 Å². The number of aromatic nitrogens is 3. The van der Waals surface area contributed by atoms with Gasteiger partial charge in [0.1, 0.15) is 11.0 Å². The van der Waals surface area contributed by atoms with Gasteiger partial charge in [-0.2, -0.15) is 4.98 Å². The fourth-order valence-electron chi connectivity index (χ4n) is 2.44. The third-order valence-electron chi connectivity index (χ3n) is 3.51. The minimum Gasteiger partial charge on any atom is -0.368 e. The van der Waals surface area contributed by atoms with Crippen LogP contribution in [0, 0.1) is 0 Å². The average Bonchev–Trinajstić information content (AvgIpc) is 2.48. The van der Waals surface area contributed by atoms with Gasteiger partial charge in [0, 0.05) is 45.0 Å². The van der Waals surface area contributed by atoms with E-state index in [1.807, 2.05) is 18.3 Å². The van der Waals surface area contributed by atoms with Crippen LogP contribution in [-0.4, -0.2) is 46.0 Å². The Bertz CT molecular complexity index is 577. The quantitative estimate of drug-likeness (QED) is 0.865. The summed E-state index contributed by atoms with van der Waals surface area (Å²) in [7, 11) is 0. The van der Waals surface area contributed by atoms with Crippen LogP contribution in [0.1, 0.15) is 5.69 Å². The van der Waals surface area contributed by atoms with Crippen LogP contribution in [0.25, 0.3) is 0 Å². The van der Waals surface area contributed by atoms with E-state index in [1.54, 1.807) is 6.07 Å². The highest BCUT2D eigenvalue weighted by Gasteiger charge is 2.19. The van der Waals surface area contributed by atoms with Crippen molar-refractivity contribution >= 4 is 23.4 Å². The van der Waals surface area contributed by atoms with Gasteiger partial charge in [-0.3, -0.25) is 9.88 Å². The highest BCUT2D eigenvalue weighted by atomic mass is 35.5. The highest BCUT2D eigenvalue weighted by Crippen LogP contribution is 2.19. The summed E-state index contributed by atoms with van der Waals surface area (Å²) in [5.74, 6) is 1.01. The Balaban J connectivity index is 1.60. The van der Waals surface area contributed by atoms with Crippen LogP contribution < -0.4 is 10.6 Å². The van der Waals surface area contributed by atoms with Gasteiger partial charge in [-0.05, 0) is 12.1 Å². The third-order valence-corrected chi connectivity index (χ3v) is 3.70. The minimum absolute atomic E-state index is 0.216. The van der Waals surface area contributed by atoms with Gasteiger partial charge in [0.15, 0.2) is 0 Å². The van der Waals surface area contributed by atoms with Crippen molar-refractivity contribution in [1.82, 2.24) is 19.9 Å². The molecule has 1 aliphatic heterocycles. The van der Waals surface area contributed by atoms with Crippen molar-refractivity contribution < 1.29 is 0 Å². The molecule has 6 nitrogen and oxygen atoms in total. The lowest BCUT2D eigenvalue weighted by Gasteiger charge is -2.35. The fraction of sp³-hybridized carbons (Fsp3) is 0.357. The maximum atomic E-state index is 5.93. The average molecular weight is 305 g/mol. The van der Waals surface area contributed by atoms with E-state index in [0.29, 0.717) is 5.15 Å². The predicted octanol–water partition coefficient (Wildman–Crippen LogP) is 1.43. The van der Waals surface area contributed by atoms with Crippen molar-refractivity contribution in [2.75, 3.05) is 36.8 Å². The molecule has 0 saturated carbocycles. The molecular formula is C14H17ClN6. The molecule has 0 spiro atoms. The molecular weight excluding hydrogens is 288 g/mol. The monoisotopic (exact) mass is 304 g/mol. The summed E-state index contributed by atoms with van der Waals surface area (Å²) in [6.07, 6.45) is 1.83. The molecule has 2 N–H and O–H groups in total. The first-order valence-corrected chi connectivity index (χ1v) is 7.26. The zero-order chi connectivity index (χ0) is 14.7. The predicted molar refractivity (Wildman–Crippen MR) is 83.2 cm³/mol. The van der Waals surface area contributed by atoms with Gasteiger partial charge in [0.05, 0.1) is 5.69 Å². The zero-order valence-electron chi connectivity index (χ0n) is 11.6. The molecule has 3 heterocycles. The first-order chi connectivity index (χ1) is 10.2. The van der Waals surface area contributed by atoms with Gasteiger partial charge in [-0.25, -0.2) is 4.98 Å². The van der Waals surface area contributed by atoms with E-state index in [9.17, 15) is 0 Å². The molecule has 0 radical (unpaired) electrons. The Hall–Kier alpha value is -1.92. The summed E-state index contributed by atoms with van der Waals surface area (Å²) in [5.41, 5.74) is 6.74. The topological polar surface area (TPSA) is 71.2 Å². The zero-order valence-corrected chi connectivity index (χ0v) is 12.4. The van der Waals surface area contributed by atoms with Crippen molar-refractivity contribution in [2.24, 2.45) is 0 Å². The van der Waals surface area contributed by atoms with Crippen molar-refractivity contribution in [3.05, 3.63) is 41.3 Å². The number of nitrogens with zero attached hydrogens (tertiary/aromatic N) is 5. The van der Waals surface area contributed by atoms with Crippen molar-refractivity contribution in [2.45, 2.75) is 6.54 Å². The van der Waals surface area contributed by atoms with Crippen LogP contribution in [0.2, 0.25) is 5.15 Å². The van der Waals surface area contributed by atoms with Crippen LogP contribution in [0.5, 0.6) is 0 Å². The van der Waals surface area contributed by atoms with E-state index in [-0.39, 0.29) is 5.95 Å². The van der Waals surface area contributed by atoms with Gasteiger partial charge in [0.25, 0.3) is 0 Å². The van der Waals surface area contributed by atoms with E-state index in [0.717, 1.165) is 44.2 Å². The Kier molecular flexibility index (Phi) is 4.17. The van der Waals surface area contributed by atoms with Crippen LogP contribution >= 0.6 is 11.6 Å². The second kappa shape index (κ2) is 6.24. The molecule has 0 unspecified atom stereocenters. The van der Waals surface area contributed by atoms with Crippen molar-refractivity contribution in [1.29, 1.82) is 0 Å². The number of nitrogens with two attached hydrogens (primary N) is 1. The normalized spacial score (nSPS) is 16.1. The minimum atomic E-state index is 0.216. The maximum absolute atomic E-state index is 5.93. The lowest BCUT2D eigenvalue weighted by molar-refractivity contribution is 0.246. The Morgan fingerprint density at radius 3 is 2.62 bits per heavy atom. The fourth-order valence-corrected chi connectivity index (χ4v) is 2.62. The molecule has 0 amide bonds. The number of piperazine rings is 1. The summed E-state index contributed by atoms with van der Waals surface area (Å²) in [5, 5.41) is 0.383. The number of halogens is 1. The molecule has 1 saturated heterocycles. The second-order valence-electron chi connectivity index (χ2n) is 4.99. The molecule has 1 aliphatic rings. The maximum Gasteiger partial charge on any atom is 0.223 e. The van der Waals surface area contributed by atoms with Crippen LogP contribution in [0.15, 0.2) is 30.5 Å². The summed E-state index contributed by atoms with van der Waals surface area (Å²) >= 11 is 5.93. The molecule has 7 heteroatoms.